The van der Waals surface area contributed by atoms with Crippen molar-refractivity contribution in [1.82, 2.24) is 5.32 Å². The molecule has 0 aliphatic carbocycles. The topological polar surface area (TPSA) is 12.0 Å². The van der Waals surface area contributed by atoms with E-state index < -0.39 is 0 Å². The Hall–Kier alpha value is -0.820. The summed E-state index contributed by atoms with van der Waals surface area (Å²) in [6, 6.07) is 11.0. The minimum atomic E-state index is 0.672. The monoisotopic (exact) mass is 247 g/mol. The lowest BCUT2D eigenvalue weighted by atomic mass is 9.89. The Morgan fingerprint density at radius 1 is 1.00 bits per heavy atom. The van der Waals surface area contributed by atoms with Crippen molar-refractivity contribution in [3.05, 3.63) is 35.9 Å². The summed E-state index contributed by atoms with van der Waals surface area (Å²) >= 11 is 0. The summed E-state index contributed by atoms with van der Waals surface area (Å²) < 4.78 is 0. The van der Waals surface area contributed by atoms with E-state index in [1.807, 2.05) is 0 Å². The predicted molar refractivity (Wildman–Crippen MR) is 81.0 cm³/mol. The number of likely N-dealkylation sites (N-methyl/N-ethyl adjacent to an activating group) is 1. The fraction of sp³-hybridized carbons (Fsp3) is 0.647. The summed E-state index contributed by atoms with van der Waals surface area (Å²) in [6.07, 6.45) is 5.32. The van der Waals surface area contributed by atoms with Crippen molar-refractivity contribution in [1.29, 1.82) is 0 Å². The minimum Gasteiger partial charge on any atom is -0.316 e. The minimum absolute atomic E-state index is 0.672. The molecule has 0 aromatic heterocycles. The fourth-order valence-corrected chi connectivity index (χ4v) is 2.55. The number of hydrogen-bond donors (Lipinski definition) is 1. The summed E-state index contributed by atoms with van der Waals surface area (Å²) in [5, 5.41) is 3.50. The molecule has 0 saturated heterocycles. The number of nitrogens with one attached hydrogen (secondary N) is 1. The third-order valence-electron chi connectivity index (χ3n) is 3.70. The van der Waals surface area contributed by atoms with Gasteiger partial charge in [-0.2, -0.15) is 0 Å². The molecule has 0 spiro atoms. The van der Waals surface area contributed by atoms with Crippen LogP contribution in [-0.2, 0) is 0 Å². The van der Waals surface area contributed by atoms with E-state index in [2.05, 4.69) is 56.4 Å². The summed E-state index contributed by atoms with van der Waals surface area (Å²) in [5.41, 5.74) is 1.49. The SMILES string of the molecule is CCCC(C)CCC(CNCC)c1ccccc1. The molecular weight excluding hydrogens is 218 g/mol. The van der Waals surface area contributed by atoms with Crippen LogP contribution in [0.15, 0.2) is 30.3 Å². The molecule has 2 unspecified atom stereocenters. The molecule has 1 rings (SSSR count). The highest BCUT2D eigenvalue weighted by Crippen LogP contribution is 2.24. The predicted octanol–water partition coefficient (Wildman–Crippen LogP) is 4.60. The second-order valence-electron chi connectivity index (χ2n) is 5.39. The molecule has 0 amide bonds. The molecule has 0 heterocycles. The summed E-state index contributed by atoms with van der Waals surface area (Å²) in [5.74, 6) is 1.54. The third kappa shape index (κ3) is 5.68. The third-order valence-corrected chi connectivity index (χ3v) is 3.70. The maximum atomic E-state index is 3.50. The molecule has 1 heteroatoms. The lowest BCUT2D eigenvalue weighted by Gasteiger charge is -2.20. The van der Waals surface area contributed by atoms with Crippen LogP contribution in [0.1, 0.15) is 57.9 Å². The van der Waals surface area contributed by atoms with Crippen LogP contribution >= 0.6 is 0 Å². The van der Waals surface area contributed by atoms with Crippen LogP contribution in [0, 0.1) is 5.92 Å². The van der Waals surface area contributed by atoms with Crippen LogP contribution in [0.5, 0.6) is 0 Å². The molecule has 0 aliphatic rings. The van der Waals surface area contributed by atoms with Crippen molar-refractivity contribution in [3.63, 3.8) is 0 Å². The highest BCUT2D eigenvalue weighted by Gasteiger charge is 2.12. The first-order chi connectivity index (χ1) is 8.77. The van der Waals surface area contributed by atoms with Crippen molar-refractivity contribution in [2.75, 3.05) is 13.1 Å². The molecule has 0 aliphatic heterocycles. The quantitative estimate of drug-likeness (QED) is 0.672. The number of rotatable bonds is 9. The van der Waals surface area contributed by atoms with Crippen LogP contribution in [0.4, 0.5) is 0 Å². The van der Waals surface area contributed by atoms with Crippen molar-refractivity contribution >= 4 is 0 Å². The second-order valence-corrected chi connectivity index (χ2v) is 5.39. The molecule has 1 N–H and O–H groups in total. The van der Waals surface area contributed by atoms with Gasteiger partial charge in [-0.3, -0.25) is 0 Å². The Bertz CT molecular complexity index is 294. The Morgan fingerprint density at radius 2 is 1.72 bits per heavy atom. The molecule has 2 atom stereocenters. The van der Waals surface area contributed by atoms with Crippen molar-refractivity contribution in [2.24, 2.45) is 5.92 Å². The van der Waals surface area contributed by atoms with E-state index in [0.29, 0.717) is 5.92 Å². The highest BCUT2D eigenvalue weighted by atomic mass is 14.8. The van der Waals surface area contributed by atoms with E-state index >= 15 is 0 Å². The van der Waals surface area contributed by atoms with Gasteiger partial charge in [0.15, 0.2) is 0 Å². The molecule has 18 heavy (non-hydrogen) atoms. The molecule has 1 nitrogen and oxygen atoms in total. The molecule has 1 aromatic rings. The molecule has 0 radical (unpaired) electrons. The Morgan fingerprint density at radius 3 is 2.33 bits per heavy atom. The molecular formula is C17H29N. The lowest BCUT2D eigenvalue weighted by Crippen LogP contribution is -2.21. The van der Waals surface area contributed by atoms with Crippen molar-refractivity contribution < 1.29 is 0 Å². The van der Waals surface area contributed by atoms with Crippen LogP contribution in [-0.4, -0.2) is 13.1 Å². The highest BCUT2D eigenvalue weighted by molar-refractivity contribution is 5.19. The van der Waals surface area contributed by atoms with Crippen molar-refractivity contribution in [3.8, 4) is 0 Å². The summed E-state index contributed by atoms with van der Waals surface area (Å²) in [7, 11) is 0. The van der Waals surface area contributed by atoms with E-state index in [0.717, 1.165) is 19.0 Å². The zero-order valence-corrected chi connectivity index (χ0v) is 12.3. The van der Waals surface area contributed by atoms with Crippen LogP contribution < -0.4 is 5.32 Å². The van der Waals surface area contributed by atoms with E-state index in [1.54, 1.807) is 0 Å². The normalized spacial score (nSPS) is 14.4. The van der Waals surface area contributed by atoms with Gasteiger partial charge in [-0.15, -0.1) is 0 Å². The van der Waals surface area contributed by atoms with E-state index in [1.165, 1.54) is 31.2 Å². The van der Waals surface area contributed by atoms with Gasteiger partial charge < -0.3 is 5.32 Å². The molecule has 0 saturated carbocycles. The zero-order valence-electron chi connectivity index (χ0n) is 12.3. The van der Waals surface area contributed by atoms with E-state index in [-0.39, 0.29) is 0 Å². The van der Waals surface area contributed by atoms with Gasteiger partial charge in [-0.1, -0.05) is 70.4 Å². The molecule has 1 aromatic carbocycles. The maximum Gasteiger partial charge on any atom is 0.00200 e. The largest absolute Gasteiger partial charge is 0.316 e. The summed E-state index contributed by atoms with van der Waals surface area (Å²) in [6.45, 7) is 9.03. The van der Waals surface area contributed by atoms with Gasteiger partial charge in [-0.05, 0) is 30.4 Å². The van der Waals surface area contributed by atoms with Gasteiger partial charge in [0.2, 0.25) is 0 Å². The van der Waals surface area contributed by atoms with Gasteiger partial charge in [0.25, 0.3) is 0 Å². The average Bonchev–Trinajstić information content (AvgIpc) is 2.40. The zero-order chi connectivity index (χ0) is 13.2. The fourth-order valence-electron chi connectivity index (χ4n) is 2.55. The lowest BCUT2D eigenvalue weighted by molar-refractivity contribution is 0.431. The van der Waals surface area contributed by atoms with Crippen LogP contribution in [0.25, 0.3) is 0 Å². The standard InChI is InChI=1S/C17H29N/c1-4-9-15(3)12-13-17(14-18-5-2)16-10-7-6-8-11-16/h6-8,10-11,15,17-18H,4-5,9,12-14H2,1-3H3. The van der Waals surface area contributed by atoms with Gasteiger partial charge in [0.1, 0.15) is 0 Å². The van der Waals surface area contributed by atoms with Gasteiger partial charge in [-0.25, -0.2) is 0 Å². The maximum absolute atomic E-state index is 3.50. The van der Waals surface area contributed by atoms with Gasteiger partial charge in [0, 0.05) is 6.54 Å². The Kier molecular flexibility index (Phi) is 7.75. The number of hydrogen-bond acceptors (Lipinski definition) is 1. The van der Waals surface area contributed by atoms with Crippen LogP contribution in [0.2, 0.25) is 0 Å². The second kappa shape index (κ2) is 9.16. The van der Waals surface area contributed by atoms with Crippen LogP contribution in [0.3, 0.4) is 0 Å². The average molecular weight is 247 g/mol. The van der Waals surface area contributed by atoms with Gasteiger partial charge in [0.05, 0.1) is 0 Å². The van der Waals surface area contributed by atoms with E-state index in [4.69, 9.17) is 0 Å². The Balaban J connectivity index is 2.51. The first kappa shape index (κ1) is 15.2. The smallest absolute Gasteiger partial charge is 0.00200 e. The first-order valence-electron chi connectivity index (χ1n) is 7.53. The van der Waals surface area contributed by atoms with Gasteiger partial charge >= 0.3 is 0 Å². The molecule has 0 bridgehead atoms. The van der Waals surface area contributed by atoms with Crippen molar-refractivity contribution in [2.45, 2.75) is 52.4 Å². The summed E-state index contributed by atoms with van der Waals surface area (Å²) in [4.78, 5) is 0. The molecule has 102 valence electrons. The van der Waals surface area contributed by atoms with E-state index in [9.17, 15) is 0 Å². The Labute approximate surface area is 113 Å². The molecule has 0 fully saturated rings. The number of benzene rings is 1. The first-order valence-corrected chi connectivity index (χ1v) is 7.53.